The smallest absolute Gasteiger partial charge is 0.305 e. The van der Waals surface area contributed by atoms with Gasteiger partial charge in [-0.3, -0.25) is 19.3 Å². The van der Waals surface area contributed by atoms with Crippen molar-refractivity contribution in [2.45, 2.75) is 37.5 Å². The number of imide groups is 1. The van der Waals surface area contributed by atoms with Crippen molar-refractivity contribution in [2.75, 3.05) is 0 Å². The summed E-state index contributed by atoms with van der Waals surface area (Å²) in [5, 5.41) is 9.12. The van der Waals surface area contributed by atoms with Gasteiger partial charge < -0.3 is 9.84 Å². The summed E-state index contributed by atoms with van der Waals surface area (Å²) in [6.45, 7) is 0. The standard InChI is InChI=1S/C15H15NO5/c17-13(18)8-10(9-4-2-1-3-5-9)16-14(19)11-6-7-12(21-11)15(16)20/h1-5,10-12H,6-8H2,(H,17,18). The summed E-state index contributed by atoms with van der Waals surface area (Å²) >= 11 is 0. The predicted molar refractivity (Wildman–Crippen MR) is 71.2 cm³/mol. The fourth-order valence-corrected chi connectivity index (χ4v) is 2.93. The van der Waals surface area contributed by atoms with Crippen LogP contribution < -0.4 is 0 Å². The van der Waals surface area contributed by atoms with Gasteiger partial charge in [-0.1, -0.05) is 30.3 Å². The molecule has 6 heteroatoms. The van der Waals surface area contributed by atoms with Gasteiger partial charge >= 0.3 is 5.97 Å². The second-order valence-electron chi connectivity index (χ2n) is 5.26. The van der Waals surface area contributed by atoms with E-state index in [0.29, 0.717) is 18.4 Å². The molecule has 3 unspecified atom stereocenters. The van der Waals surface area contributed by atoms with Crippen LogP contribution in [0, 0.1) is 0 Å². The zero-order chi connectivity index (χ0) is 15.0. The molecule has 1 aromatic carbocycles. The van der Waals surface area contributed by atoms with Gasteiger partial charge in [0.1, 0.15) is 12.2 Å². The molecule has 3 atom stereocenters. The van der Waals surface area contributed by atoms with Gasteiger partial charge in [-0.15, -0.1) is 0 Å². The number of morpholine rings is 1. The van der Waals surface area contributed by atoms with Crippen LogP contribution in [0.4, 0.5) is 0 Å². The molecule has 0 aromatic heterocycles. The van der Waals surface area contributed by atoms with Crippen LogP contribution in [-0.4, -0.2) is 40.0 Å². The maximum atomic E-state index is 12.4. The minimum absolute atomic E-state index is 0.305. The lowest BCUT2D eigenvalue weighted by Crippen LogP contribution is -2.53. The molecule has 2 aliphatic rings. The van der Waals surface area contributed by atoms with Gasteiger partial charge in [0.15, 0.2) is 0 Å². The van der Waals surface area contributed by atoms with Crippen molar-refractivity contribution in [3.05, 3.63) is 35.9 Å². The summed E-state index contributed by atoms with van der Waals surface area (Å²) in [6.07, 6.45) is -0.512. The van der Waals surface area contributed by atoms with E-state index in [0.717, 1.165) is 4.90 Å². The van der Waals surface area contributed by atoms with Crippen molar-refractivity contribution < 1.29 is 24.2 Å². The number of fused-ring (bicyclic) bond motifs is 2. The largest absolute Gasteiger partial charge is 0.481 e. The van der Waals surface area contributed by atoms with E-state index in [9.17, 15) is 14.4 Å². The van der Waals surface area contributed by atoms with Gasteiger partial charge in [0.05, 0.1) is 12.5 Å². The number of hydrogen-bond acceptors (Lipinski definition) is 4. The first-order chi connectivity index (χ1) is 10.1. The summed E-state index contributed by atoms with van der Waals surface area (Å²) in [4.78, 5) is 37.0. The summed E-state index contributed by atoms with van der Waals surface area (Å²) < 4.78 is 5.35. The van der Waals surface area contributed by atoms with Gasteiger partial charge in [-0.2, -0.15) is 0 Å². The Morgan fingerprint density at radius 2 is 1.76 bits per heavy atom. The summed E-state index contributed by atoms with van der Waals surface area (Å²) in [6, 6.07) is 7.99. The molecular weight excluding hydrogens is 274 g/mol. The second-order valence-corrected chi connectivity index (χ2v) is 5.26. The highest BCUT2D eigenvalue weighted by atomic mass is 16.5. The van der Waals surface area contributed by atoms with Gasteiger partial charge in [0, 0.05) is 0 Å². The first-order valence-corrected chi connectivity index (χ1v) is 6.87. The molecule has 0 aliphatic carbocycles. The number of amides is 2. The molecule has 2 saturated heterocycles. The number of carboxylic acids is 1. The zero-order valence-corrected chi connectivity index (χ0v) is 11.3. The zero-order valence-electron chi connectivity index (χ0n) is 11.3. The Morgan fingerprint density at radius 1 is 1.19 bits per heavy atom. The third-order valence-electron chi connectivity index (χ3n) is 3.91. The number of aliphatic carboxylic acids is 1. The van der Waals surface area contributed by atoms with E-state index in [1.54, 1.807) is 30.3 Å². The van der Waals surface area contributed by atoms with Crippen molar-refractivity contribution in [3.63, 3.8) is 0 Å². The molecule has 0 radical (unpaired) electrons. The minimum Gasteiger partial charge on any atom is -0.481 e. The van der Waals surface area contributed by atoms with E-state index < -0.39 is 36.0 Å². The van der Waals surface area contributed by atoms with Crippen LogP contribution in [0.5, 0.6) is 0 Å². The number of nitrogens with zero attached hydrogens (tertiary/aromatic N) is 1. The van der Waals surface area contributed by atoms with Crippen molar-refractivity contribution in [2.24, 2.45) is 0 Å². The molecule has 2 bridgehead atoms. The van der Waals surface area contributed by atoms with Crippen molar-refractivity contribution in [3.8, 4) is 0 Å². The van der Waals surface area contributed by atoms with E-state index in [-0.39, 0.29) is 6.42 Å². The summed E-state index contributed by atoms with van der Waals surface area (Å²) in [7, 11) is 0. The number of carbonyl (C=O) groups excluding carboxylic acids is 2. The van der Waals surface area contributed by atoms with E-state index in [2.05, 4.69) is 0 Å². The molecule has 1 aromatic rings. The summed E-state index contributed by atoms with van der Waals surface area (Å²) in [5.41, 5.74) is 0.642. The van der Waals surface area contributed by atoms with E-state index in [4.69, 9.17) is 9.84 Å². The molecule has 2 heterocycles. The molecular formula is C15H15NO5. The third kappa shape index (κ3) is 2.42. The molecule has 1 N–H and O–H groups in total. The average Bonchev–Trinajstić information content (AvgIpc) is 2.92. The quantitative estimate of drug-likeness (QED) is 0.840. The summed E-state index contributed by atoms with van der Waals surface area (Å²) in [5.74, 6) is -1.91. The van der Waals surface area contributed by atoms with Crippen LogP contribution in [0.3, 0.4) is 0 Å². The highest BCUT2D eigenvalue weighted by Crippen LogP contribution is 2.35. The van der Waals surface area contributed by atoms with Crippen LogP contribution >= 0.6 is 0 Å². The van der Waals surface area contributed by atoms with Gasteiger partial charge in [-0.25, -0.2) is 0 Å². The molecule has 110 valence electrons. The normalized spacial score (nSPS) is 26.0. The van der Waals surface area contributed by atoms with Crippen LogP contribution in [-0.2, 0) is 19.1 Å². The van der Waals surface area contributed by atoms with Gasteiger partial charge in [0.2, 0.25) is 0 Å². The molecule has 2 amide bonds. The fraction of sp³-hybridized carbons (Fsp3) is 0.400. The fourth-order valence-electron chi connectivity index (χ4n) is 2.93. The van der Waals surface area contributed by atoms with Gasteiger partial charge in [-0.05, 0) is 18.4 Å². The van der Waals surface area contributed by atoms with Crippen LogP contribution in [0.25, 0.3) is 0 Å². The molecule has 2 fully saturated rings. The lowest BCUT2D eigenvalue weighted by atomic mass is 10.0. The molecule has 21 heavy (non-hydrogen) atoms. The molecule has 0 saturated carbocycles. The number of hydrogen-bond donors (Lipinski definition) is 1. The SMILES string of the molecule is O=C(O)CC(c1ccccc1)N1C(=O)C2CCC(O2)C1=O. The molecule has 6 nitrogen and oxygen atoms in total. The minimum atomic E-state index is -1.05. The van der Waals surface area contributed by atoms with E-state index >= 15 is 0 Å². The highest BCUT2D eigenvalue weighted by Gasteiger charge is 2.49. The van der Waals surface area contributed by atoms with Crippen LogP contribution in [0.15, 0.2) is 30.3 Å². The lowest BCUT2D eigenvalue weighted by molar-refractivity contribution is -0.172. The average molecular weight is 289 g/mol. The van der Waals surface area contributed by atoms with Gasteiger partial charge in [0.25, 0.3) is 11.8 Å². The number of ether oxygens (including phenoxy) is 1. The number of rotatable bonds is 4. The first-order valence-electron chi connectivity index (χ1n) is 6.87. The third-order valence-corrected chi connectivity index (χ3v) is 3.91. The number of likely N-dealkylation sites (tertiary alicyclic amines) is 1. The van der Waals surface area contributed by atoms with E-state index in [1.807, 2.05) is 0 Å². The Morgan fingerprint density at radius 3 is 2.29 bits per heavy atom. The predicted octanol–water partition coefficient (Wildman–Crippen LogP) is 1.12. The molecule has 0 spiro atoms. The highest BCUT2D eigenvalue weighted by molar-refractivity contribution is 6.03. The first kappa shape index (κ1) is 13.8. The second kappa shape index (κ2) is 5.29. The van der Waals surface area contributed by atoms with Crippen LogP contribution in [0.1, 0.15) is 30.9 Å². The number of carboxylic acid groups (broad SMARTS) is 1. The van der Waals surface area contributed by atoms with Crippen molar-refractivity contribution in [1.29, 1.82) is 0 Å². The number of benzene rings is 1. The maximum absolute atomic E-state index is 12.4. The maximum Gasteiger partial charge on any atom is 0.305 e. The Labute approximate surface area is 121 Å². The number of carbonyl (C=O) groups is 3. The van der Waals surface area contributed by atoms with Crippen molar-refractivity contribution in [1.82, 2.24) is 4.90 Å². The Balaban J connectivity index is 1.97. The molecule has 3 rings (SSSR count). The lowest BCUT2D eigenvalue weighted by Gasteiger charge is -2.35. The molecule has 2 aliphatic heterocycles. The van der Waals surface area contributed by atoms with E-state index in [1.165, 1.54) is 0 Å². The Hall–Kier alpha value is -2.21. The monoisotopic (exact) mass is 289 g/mol. The topological polar surface area (TPSA) is 83.9 Å². The Bertz CT molecular complexity index is 563. The van der Waals surface area contributed by atoms with Crippen molar-refractivity contribution >= 4 is 17.8 Å². The van der Waals surface area contributed by atoms with Crippen LogP contribution in [0.2, 0.25) is 0 Å². The Kier molecular flexibility index (Phi) is 3.47.